The van der Waals surface area contributed by atoms with E-state index >= 15 is 0 Å². The van der Waals surface area contributed by atoms with Crippen LogP contribution in [0.3, 0.4) is 0 Å². The first-order valence-corrected chi connectivity index (χ1v) is 11.2. The van der Waals surface area contributed by atoms with Crippen LogP contribution in [0.2, 0.25) is 0 Å². The number of thioether (sulfide) groups is 1. The fraction of sp³-hybridized carbons (Fsp3) is 0.455. The van der Waals surface area contributed by atoms with Gasteiger partial charge >= 0.3 is 11.9 Å². The lowest BCUT2D eigenvalue weighted by Crippen LogP contribution is -2.80. The summed E-state index contributed by atoms with van der Waals surface area (Å²) in [5.41, 5.74) is 0.0628. The number of hydrogen-bond acceptors (Lipinski definition) is 7. The van der Waals surface area contributed by atoms with Crippen molar-refractivity contribution in [3.8, 4) is 0 Å². The van der Waals surface area contributed by atoms with Crippen LogP contribution in [-0.4, -0.2) is 58.2 Å². The molecule has 1 unspecified atom stereocenters. The summed E-state index contributed by atoms with van der Waals surface area (Å²) in [5.74, 6) is -2.04. The van der Waals surface area contributed by atoms with Gasteiger partial charge in [-0.05, 0) is 25.5 Å². The number of rotatable bonds is 6. The standard InChI is InChI=1S/C22H24N2O6S/c1-13(2)8-9-29-21(28)22-15(11-17(26)30-22)12-31-20-18(19(27)24(20)22)23-16(25)10-14-6-4-3-5-7-14/h3-8,15,18,20H,9-12H2,1-2H3,(H,23,25)/t15-,18+,20?,22+/m0/s1. The van der Waals surface area contributed by atoms with Crippen molar-refractivity contribution in [2.75, 3.05) is 12.4 Å². The van der Waals surface area contributed by atoms with Gasteiger partial charge in [-0.2, -0.15) is 0 Å². The lowest BCUT2D eigenvalue weighted by atomic mass is 9.89. The Morgan fingerprint density at radius 1 is 1.29 bits per heavy atom. The minimum atomic E-state index is -1.75. The van der Waals surface area contributed by atoms with Crippen LogP contribution in [-0.2, 0) is 35.1 Å². The van der Waals surface area contributed by atoms with E-state index in [0.29, 0.717) is 5.75 Å². The van der Waals surface area contributed by atoms with E-state index in [9.17, 15) is 19.2 Å². The first-order chi connectivity index (χ1) is 14.8. The highest BCUT2D eigenvalue weighted by Gasteiger charge is 2.71. The van der Waals surface area contributed by atoms with Crippen LogP contribution in [0.4, 0.5) is 0 Å². The number of amides is 2. The second-order valence-electron chi connectivity index (χ2n) is 8.09. The quantitative estimate of drug-likeness (QED) is 0.402. The molecular weight excluding hydrogens is 420 g/mol. The van der Waals surface area contributed by atoms with Gasteiger partial charge in [0.2, 0.25) is 5.91 Å². The van der Waals surface area contributed by atoms with E-state index < -0.39 is 40.9 Å². The topological polar surface area (TPSA) is 102 Å². The molecule has 0 saturated carbocycles. The number of hydrogen-bond donors (Lipinski definition) is 1. The molecular formula is C22H24N2O6S. The molecule has 0 radical (unpaired) electrons. The van der Waals surface area contributed by atoms with E-state index in [1.165, 1.54) is 16.7 Å². The maximum Gasteiger partial charge on any atom is 0.373 e. The maximum atomic E-state index is 13.0. The molecule has 1 aromatic rings. The summed E-state index contributed by atoms with van der Waals surface area (Å²) in [6.45, 7) is 3.78. The Hall–Kier alpha value is -2.81. The van der Waals surface area contributed by atoms with Crippen molar-refractivity contribution in [3.63, 3.8) is 0 Å². The Morgan fingerprint density at radius 3 is 2.74 bits per heavy atom. The first-order valence-electron chi connectivity index (χ1n) is 10.1. The molecule has 164 valence electrons. The van der Waals surface area contributed by atoms with E-state index in [0.717, 1.165) is 11.1 Å². The third-order valence-electron chi connectivity index (χ3n) is 5.63. The number of carbonyl (C=O) groups is 4. The van der Waals surface area contributed by atoms with Crippen molar-refractivity contribution >= 4 is 35.5 Å². The zero-order valence-corrected chi connectivity index (χ0v) is 18.1. The van der Waals surface area contributed by atoms with E-state index in [1.54, 1.807) is 6.08 Å². The molecule has 3 aliphatic rings. The Bertz CT molecular complexity index is 945. The molecule has 9 heteroatoms. The second-order valence-corrected chi connectivity index (χ2v) is 9.24. The molecule has 1 aromatic carbocycles. The summed E-state index contributed by atoms with van der Waals surface area (Å²) in [4.78, 5) is 51.9. The van der Waals surface area contributed by atoms with Crippen LogP contribution < -0.4 is 5.32 Å². The van der Waals surface area contributed by atoms with Gasteiger partial charge in [0.1, 0.15) is 18.0 Å². The summed E-state index contributed by atoms with van der Waals surface area (Å²) in [6, 6.07) is 8.45. The number of nitrogens with zero attached hydrogens (tertiary/aromatic N) is 1. The van der Waals surface area contributed by atoms with Crippen LogP contribution in [0.5, 0.6) is 0 Å². The Balaban J connectivity index is 1.49. The van der Waals surface area contributed by atoms with E-state index in [2.05, 4.69) is 5.32 Å². The molecule has 3 heterocycles. The number of ether oxygens (including phenoxy) is 2. The van der Waals surface area contributed by atoms with Gasteiger partial charge < -0.3 is 14.8 Å². The van der Waals surface area contributed by atoms with E-state index in [1.807, 2.05) is 44.2 Å². The van der Waals surface area contributed by atoms with Gasteiger partial charge in [0.15, 0.2) is 0 Å². The summed E-state index contributed by atoms with van der Waals surface area (Å²) >= 11 is 1.43. The summed E-state index contributed by atoms with van der Waals surface area (Å²) in [5, 5.41) is 2.27. The Kier molecular flexibility index (Phi) is 5.79. The van der Waals surface area contributed by atoms with Gasteiger partial charge in [0, 0.05) is 11.7 Å². The van der Waals surface area contributed by atoms with Gasteiger partial charge in [0.05, 0.1) is 12.8 Å². The van der Waals surface area contributed by atoms with Gasteiger partial charge in [-0.1, -0.05) is 35.9 Å². The number of β-lactam (4-membered cyclic amide) rings is 1. The zero-order valence-electron chi connectivity index (χ0n) is 17.3. The molecule has 4 atom stereocenters. The lowest BCUT2D eigenvalue weighted by Gasteiger charge is -2.56. The van der Waals surface area contributed by atoms with Crippen LogP contribution in [0.25, 0.3) is 0 Å². The van der Waals surface area contributed by atoms with Gasteiger partial charge in [-0.25, -0.2) is 4.79 Å². The van der Waals surface area contributed by atoms with Crippen molar-refractivity contribution in [1.82, 2.24) is 10.2 Å². The second kappa shape index (κ2) is 8.37. The molecule has 0 aliphatic carbocycles. The number of nitrogens with one attached hydrogen (secondary N) is 1. The number of esters is 2. The molecule has 3 fully saturated rings. The molecule has 31 heavy (non-hydrogen) atoms. The Labute approximate surface area is 184 Å². The van der Waals surface area contributed by atoms with Crippen molar-refractivity contribution in [1.29, 1.82) is 0 Å². The molecule has 3 aliphatic heterocycles. The molecule has 8 nitrogen and oxygen atoms in total. The van der Waals surface area contributed by atoms with Gasteiger partial charge in [-0.3, -0.25) is 19.3 Å². The van der Waals surface area contributed by atoms with Crippen LogP contribution >= 0.6 is 11.8 Å². The highest BCUT2D eigenvalue weighted by atomic mass is 32.2. The average molecular weight is 445 g/mol. The third kappa shape index (κ3) is 3.82. The normalized spacial score (nSPS) is 28.6. The smallest absolute Gasteiger partial charge is 0.373 e. The Morgan fingerprint density at radius 2 is 2.03 bits per heavy atom. The van der Waals surface area contributed by atoms with Crippen molar-refractivity contribution in [2.24, 2.45) is 5.92 Å². The number of carbonyl (C=O) groups excluding carboxylic acids is 4. The summed E-state index contributed by atoms with van der Waals surface area (Å²) in [6.07, 6.45) is 1.93. The highest BCUT2D eigenvalue weighted by molar-refractivity contribution is 8.00. The predicted octanol–water partition coefficient (Wildman–Crippen LogP) is 1.40. The molecule has 4 rings (SSSR count). The summed E-state index contributed by atoms with van der Waals surface area (Å²) < 4.78 is 10.8. The average Bonchev–Trinajstić information content (AvgIpc) is 3.07. The molecule has 0 aromatic heterocycles. The van der Waals surface area contributed by atoms with Crippen LogP contribution in [0, 0.1) is 5.92 Å². The molecule has 0 spiro atoms. The number of benzene rings is 1. The maximum absolute atomic E-state index is 13.0. The monoisotopic (exact) mass is 444 g/mol. The largest absolute Gasteiger partial charge is 0.457 e. The minimum Gasteiger partial charge on any atom is -0.457 e. The first kappa shape index (κ1) is 21.4. The molecule has 0 bridgehead atoms. The third-order valence-corrected chi connectivity index (χ3v) is 7.05. The van der Waals surface area contributed by atoms with Gasteiger partial charge in [0.25, 0.3) is 11.6 Å². The van der Waals surface area contributed by atoms with Crippen LogP contribution in [0.15, 0.2) is 42.0 Å². The SMILES string of the molecule is CC(C)=CCOC(=O)[C@]12OC(=O)C[C@H]1CSC1[C@H](NC(=O)Cc3ccccc3)C(=O)N12. The van der Waals surface area contributed by atoms with Crippen LogP contribution in [0.1, 0.15) is 25.8 Å². The molecule has 3 saturated heterocycles. The molecule has 1 N–H and O–H groups in total. The van der Waals surface area contributed by atoms with Crippen molar-refractivity contribution in [2.45, 2.75) is 43.8 Å². The minimum absolute atomic E-state index is 0.0320. The number of allylic oxidation sites excluding steroid dienone is 1. The fourth-order valence-electron chi connectivity index (χ4n) is 4.09. The molecule has 2 amide bonds. The van der Waals surface area contributed by atoms with Crippen molar-refractivity contribution < 1.29 is 28.7 Å². The summed E-state index contributed by atoms with van der Waals surface area (Å²) in [7, 11) is 0. The van der Waals surface area contributed by atoms with E-state index in [4.69, 9.17) is 9.47 Å². The fourth-order valence-corrected chi connectivity index (χ4v) is 5.65. The lowest BCUT2D eigenvalue weighted by molar-refractivity contribution is -0.218. The van der Waals surface area contributed by atoms with Gasteiger partial charge in [-0.15, -0.1) is 11.8 Å². The van der Waals surface area contributed by atoms with Crippen molar-refractivity contribution in [3.05, 3.63) is 47.5 Å². The zero-order chi connectivity index (χ0) is 22.2. The highest BCUT2D eigenvalue weighted by Crippen LogP contribution is 2.51. The number of fused-ring (bicyclic) bond motifs is 3. The van der Waals surface area contributed by atoms with E-state index in [-0.39, 0.29) is 25.4 Å². The predicted molar refractivity (Wildman–Crippen MR) is 112 cm³/mol.